The van der Waals surface area contributed by atoms with E-state index in [1.165, 1.54) is 0 Å². The number of benzene rings is 1. The van der Waals surface area contributed by atoms with E-state index in [0.29, 0.717) is 5.56 Å². The molecule has 12 heavy (non-hydrogen) atoms. The molecule has 0 unspecified atom stereocenters. The second-order valence-corrected chi connectivity index (χ2v) is 3.53. The first-order valence-corrected chi connectivity index (χ1v) is 3.92. The van der Waals surface area contributed by atoms with Gasteiger partial charge in [-0.1, -0.05) is 32.0 Å². The van der Waals surface area contributed by atoms with Crippen molar-refractivity contribution in [1.82, 2.24) is 0 Å². The summed E-state index contributed by atoms with van der Waals surface area (Å²) in [4.78, 5) is 0. The standard InChI is InChI=1S/C10H13FO/c1-10(2,7-11)8-5-3-4-6-9(8)12/h3-6,12H,7H2,1-2H3. The van der Waals surface area contributed by atoms with Crippen LogP contribution in [0.4, 0.5) is 4.39 Å². The van der Waals surface area contributed by atoms with Crippen molar-refractivity contribution in [1.29, 1.82) is 0 Å². The Morgan fingerprint density at radius 1 is 1.33 bits per heavy atom. The van der Waals surface area contributed by atoms with Gasteiger partial charge in [0.15, 0.2) is 0 Å². The Morgan fingerprint density at radius 3 is 2.42 bits per heavy atom. The Morgan fingerprint density at radius 2 is 1.92 bits per heavy atom. The molecule has 1 aromatic rings. The van der Waals surface area contributed by atoms with E-state index in [9.17, 15) is 9.50 Å². The van der Waals surface area contributed by atoms with Crippen LogP contribution >= 0.6 is 0 Å². The summed E-state index contributed by atoms with van der Waals surface area (Å²) in [6.07, 6.45) is 0. The van der Waals surface area contributed by atoms with Gasteiger partial charge in [0.1, 0.15) is 5.75 Å². The van der Waals surface area contributed by atoms with Crippen LogP contribution in [0.2, 0.25) is 0 Å². The molecule has 0 atom stereocenters. The molecule has 0 aliphatic carbocycles. The van der Waals surface area contributed by atoms with Gasteiger partial charge in [0, 0.05) is 11.0 Å². The lowest BCUT2D eigenvalue weighted by atomic mass is 9.85. The van der Waals surface area contributed by atoms with Gasteiger partial charge in [0.25, 0.3) is 0 Å². The Labute approximate surface area is 71.9 Å². The highest BCUT2D eigenvalue weighted by Crippen LogP contribution is 2.30. The van der Waals surface area contributed by atoms with Crippen molar-refractivity contribution in [3.05, 3.63) is 29.8 Å². The van der Waals surface area contributed by atoms with E-state index in [2.05, 4.69) is 0 Å². The molecule has 0 spiro atoms. The van der Waals surface area contributed by atoms with Gasteiger partial charge < -0.3 is 5.11 Å². The molecule has 0 fully saturated rings. The summed E-state index contributed by atoms with van der Waals surface area (Å²) in [6.45, 7) is 3.06. The number of hydrogen-bond donors (Lipinski definition) is 1. The molecule has 0 heterocycles. The molecule has 1 N–H and O–H groups in total. The first-order valence-electron chi connectivity index (χ1n) is 3.92. The number of rotatable bonds is 2. The molecular weight excluding hydrogens is 155 g/mol. The van der Waals surface area contributed by atoms with Crippen molar-refractivity contribution in [2.45, 2.75) is 19.3 Å². The SMILES string of the molecule is CC(C)(CF)c1ccccc1O. The minimum atomic E-state index is -0.592. The van der Waals surface area contributed by atoms with E-state index in [0.717, 1.165) is 0 Å². The fourth-order valence-corrected chi connectivity index (χ4v) is 1.12. The minimum Gasteiger partial charge on any atom is -0.508 e. The van der Waals surface area contributed by atoms with Crippen LogP contribution in [0.5, 0.6) is 5.75 Å². The Hall–Kier alpha value is -1.05. The molecular formula is C10H13FO. The van der Waals surface area contributed by atoms with Gasteiger partial charge in [-0.2, -0.15) is 0 Å². The van der Waals surface area contributed by atoms with Crippen molar-refractivity contribution in [3.8, 4) is 5.75 Å². The number of hydrogen-bond acceptors (Lipinski definition) is 1. The molecule has 0 amide bonds. The van der Waals surface area contributed by atoms with Crippen molar-refractivity contribution in [2.24, 2.45) is 0 Å². The maximum Gasteiger partial charge on any atom is 0.119 e. The van der Waals surface area contributed by atoms with Crippen molar-refractivity contribution >= 4 is 0 Å². The highest BCUT2D eigenvalue weighted by molar-refractivity contribution is 5.37. The molecule has 0 aliphatic rings. The van der Waals surface area contributed by atoms with Crippen LogP contribution in [-0.4, -0.2) is 11.8 Å². The van der Waals surface area contributed by atoms with Gasteiger partial charge in [-0.3, -0.25) is 4.39 Å². The summed E-state index contributed by atoms with van der Waals surface area (Å²) < 4.78 is 12.5. The predicted octanol–water partition coefficient (Wildman–Crippen LogP) is 2.64. The second kappa shape index (κ2) is 3.13. The van der Waals surface area contributed by atoms with Crippen LogP contribution in [-0.2, 0) is 5.41 Å². The molecule has 2 heteroatoms. The summed E-state index contributed by atoms with van der Waals surface area (Å²) in [5.41, 5.74) is 0.0678. The summed E-state index contributed by atoms with van der Waals surface area (Å²) in [6, 6.07) is 6.85. The molecule has 0 bridgehead atoms. The zero-order valence-electron chi connectivity index (χ0n) is 7.34. The largest absolute Gasteiger partial charge is 0.508 e. The Kier molecular flexibility index (Phi) is 2.36. The number of phenols is 1. The third-order valence-electron chi connectivity index (χ3n) is 1.97. The monoisotopic (exact) mass is 168 g/mol. The van der Waals surface area contributed by atoms with E-state index in [1.807, 2.05) is 0 Å². The van der Waals surface area contributed by atoms with Crippen LogP contribution in [0.1, 0.15) is 19.4 Å². The first kappa shape index (κ1) is 9.04. The zero-order chi connectivity index (χ0) is 9.19. The van der Waals surface area contributed by atoms with Crippen molar-refractivity contribution < 1.29 is 9.50 Å². The van der Waals surface area contributed by atoms with Gasteiger partial charge in [0.2, 0.25) is 0 Å². The lowest BCUT2D eigenvalue weighted by molar-refractivity contribution is 0.338. The average Bonchev–Trinajstić information content (AvgIpc) is 2.05. The normalized spacial score (nSPS) is 11.6. The smallest absolute Gasteiger partial charge is 0.119 e. The molecule has 0 radical (unpaired) electrons. The fourth-order valence-electron chi connectivity index (χ4n) is 1.12. The molecule has 0 saturated carbocycles. The van der Waals surface area contributed by atoms with E-state index in [-0.39, 0.29) is 5.75 Å². The van der Waals surface area contributed by atoms with Gasteiger partial charge in [-0.15, -0.1) is 0 Å². The van der Waals surface area contributed by atoms with Crippen LogP contribution in [0.3, 0.4) is 0 Å². The summed E-state index contributed by atoms with van der Waals surface area (Å²) >= 11 is 0. The predicted molar refractivity (Wildman–Crippen MR) is 47.1 cm³/mol. The van der Waals surface area contributed by atoms with Gasteiger partial charge >= 0.3 is 0 Å². The number of alkyl halides is 1. The second-order valence-electron chi connectivity index (χ2n) is 3.53. The fraction of sp³-hybridized carbons (Fsp3) is 0.400. The Balaban J connectivity index is 3.10. The van der Waals surface area contributed by atoms with Crippen LogP contribution in [0.25, 0.3) is 0 Å². The zero-order valence-corrected chi connectivity index (χ0v) is 7.34. The maximum atomic E-state index is 12.5. The van der Waals surface area contributed by atoms with Gasteiger partial charge in [0.05, 0.1) is 6.67 Å². The van der Waals surface area contributed by atoms with Gasteiger partial charge in [-0.25, -0.2) is 0 Å². The van der Waals surface area contributed by atoms with Crippen molar-refractivity contribution in [3.63, 3.8) is 0 Å². The number of halogens is 1. The molecule has 0 aliphatic heterocycles. The van der Waals surface area contributed by atoms with Crippen LogP contribution < -0.4 is 0 Å². The van der Waals surface area contributed by atoms with E-state index >= 15 is 0 Å². The minimum absolute atomic E-state index is 0.167. The molecule has 66 valence electrons. The lowest BCUT2D eigenvalue weighted by Gasteiger charge is -2.21. The molecule has 0 aromatic heterocycles. The molecule has 0 saturated heterocycles. The average molecular weight is 168 g/mol. The van der Waals surface area contributed by atoms with E-state index < -0.39 is 12.1 Å². The summed E-state index contributed by atoms with van der Waals surface area (Å²) in [7, 11) is 0. The molecule has 1 rings (SSSR count). The van der Waals surface area contributed by atoms with E-state index in [4.69, 9.17) is 0 Å². The summed E-state index contributed by atoms with van der Waals surface area (Å²) in [5.74, 6) is 0.167. The first-order chi connectivity index (χ1) is 5.58. The third-order valence-corrected chi connectivity index (χ3v) is 1.97. The third kappa shape index (κ3) is 1.58. The highest BCUT2D eigenvalue weighted by Gasteiger charge is 2.22. The maximum absolute atomic E-state index is 12.5. The number of aromatic hydroxyl groups is 1. The van der Waals surface area contributed by atoms with Crippen molar-refractivity contribution in [2.75, 3.05) is 6.67 Å². The number of phenolic OH excluding ortho intramolecular Hbond substituents is 1. The quantitative estimate of drug-likeness (QED) is 0.719. The van der Waals surface area contributed by atoms with Crippen LogP contribution in [0.15, 0.2) is 24.3 Å². The highest BCUT2D eigenvalue weighted by atomic mass is 19.1. The topological polar surface area (TPSA) is 20.2 Å². The molecule has 1 aromatic carbocycles. The number of para-hydroxylation sites is 1. The van der Waals surface area contributed by atoms with E-state index in [1.54, 1.807) is 38.1 Å². The Bertz CT molecular complexity index is 268. The van der Waals surface area contributed by atoms with Gasteiger partial charge in [-0.05, 0) is 6.07 Å². The lowest BCUT2D eigenvalue weighted by Crippen LogP contribution is -2.19. The van der Waals surface area contributed by atoms with Crippen LogP contribution in [0, 0.1) is 0 Å². The molecule has 1 nitrogen and oxygen atoms in total. The summed E-state index contributed by atoms with van der Waals surface area (Å²) in [5, 5.41) is 9.41.